The van der Waals surface area contributed by atoms with Crippen LogP contribution in [0.5, 0.6) is 5.75 Å². The fourth-order valence-electron chi connectivity index (χ4n) is 1.04. The molecule has 1 N–H and O–H groups in total. The minimum atomic E-state index is -0.567. The van der Waals surface area contributed by atoms with Crippen molar-refractivity contribution in [2.24, 2.45) is 0 Å². The van der Waals surface area contributed by atoms with E-state index in [9.17, 15) is 9.50 Å². The third-order valence-electron chi connectivity index (χ3n) is 1.77. The Morgan fingerprint density at radius 1 is 1.57 bits per heavy atom. The molecule has 0 spiro atoms. The van der Waals surface area contributed by atoms with Gasteiger partial charge in [-0.1, -0.05) is 17.7 Å². The van der Waals surface area contributed by atoms with E-state index in [0.29, 0.717) is 16.3 Å². The number of ether oxygens (including phenoxy) is 1. The van der Waals surface area contributed by atoms with Gasteiger partial charge in [-0.3, -0.25) is 0 Å². The SMILES string of the molecule is CC(O)c1ccc(OCCF)c(Cl)c1. The molecule has 2 nitrogen and oxygen atoms in total. The number of benzene rings is 1. The average molecular weight is 219 g/mol. The lowest BCUT2D eigenvalue weighted by atomic mass is 10.1. The molecule has 0 heterocycles. The third-order valence-corrected chi connectivity index (χ3v) is 2.07. The number of rotatable bonds is 4. The largest absolute Gasteiger partial charge is 0.489 e. The van der Waals surface area contributed by atoms with Gasteiger partial charge in [-0.25, -0.2) is 4.39 Å². The van der Waals surface area contributed by atoms with Crippen LogP contribution in [0.3, 0.4) is 0 Å². The summed E-state index contributed by atoms with van der Waals surface area (Å²) in [7, 11) is 0. The molecule has 0 fully saturated rings. The van der Waals surface area contributed by atoms with E-state index >= 15 is 0 Å². The summed E-state index contributed by atoms with van der Waals surface area (Å²) >= 11 is 5.85. The summed E-state index contributed by atoms with van der Waals surface area (Å²) in [4.78, 5) is 0. The molecule has 0 aromatic heterocycles. The Kier molecular flexibility index (Phi) is 4.17. The molecule has 0 aliphatic heterocycles. The Labute approximate surface area is 87.3 Å². The quantitative estimate of drug-likeness (QED) is 0.842. The molecule has 14 heavy (non-hydrogen) atoms. The number of hydrogen-bond donors (Lipinski definition) is 1. The molecule has 4 heteroatoms. The number of aliphatic hydroxyl groups is 1. The van der Waals surface area contributed by atoms with Crippen LogP contribution in [-0.2, 0) is 0 Å². The summed E-state index contributed by atoms with van der Waals surface area (Å²) in [6.07, 6.45) is -0.567. The van der Waals surface area contributed by atoms with Crippen LogP contribution in [0.15, 0.2) is 18.2 Å². The second-order valence-electron chi connectivity index (χ2n) is 2.90. The van der Waals surface area contributed by atoms with Crippen LogP contribution in [0.25, 0.3) is 0 Å². The van der Waals surface area contributed by atoms with E-state index in [-0.39, 0.29) is 6.61 Å². The summed E-state index contributed by atoms with van der Waals surface area (Å²) in [5, 5.41) is 9.64. The summed E-state index contributed by atoms with van der Waals surface area (Å²) in [6, 6.07) is 4.93. The first-order chi connectivity index (χ1) is 6.65. The first kappa shape index (κ1) is 11.3. The highest BCUT2D eigenvalue weighted by atomic mass is 35.5. The molecule has 1 aromatic carbocycles. The molecule has 0 radical (unpaired) electrons. The normalized spacial score (nSPS) is 12.6. The van der Waals surface area contributed by atoms with Crippen LogP contribution in [0.1, 0.15) is 18.6 Å². The van der Waals surface area contributed by atoms with Crippen LogP contribution >= 0.6 is 11.6 Å². The van der Waals surface area contributed by atoms with Gasteiger partial charge in [-0.2, -0.15) is 0 Å². The topological polar surface area (TPSA) is 29.5 Å². The number of halogens is 2. The highest BCUT2D eigenvalue weighted by Crippen LogP contribution is 2.27. The lowest BCUT2D eigenvalue weighted by molar-refractivity contribution is 0.199. The molecule has 1 atom stereocenters. The molecular formula is C10H12ClFO2. The molecule has 78 valence electrons. The van der Waals surface area contributed by atoms with Crippen molar-refractivity contribution in [1.82, 2.24) is 0 Å². The second kappa shape index (κ2) is 5.17. The van der Waals surface area contributed by atoms with Crippen molar-refractivity contribution in [3.63, 3.8) is 0 Å². The predicted octanol–water partition coefficient (Wildman–Crippen LogP) is 2.74. The van der Waals surface area contributed by atoms with Crippen LogP contribution < -0.4 is 4.74 Å². The Morgan fingerprint density at radius 2 is 2.29 bits per heavy atom. The zero-order chi connectivity index (χ0) is 10.6. The highest BCUT2D eigenvalue weighted by molar-refractivity contribution is 6.32. The molecule has 0 saturated carbocycles. The van der Waals surface area contributed by atoms with Crippen molar-refractivity contribution in [2.45, 2.75) is 13.0 Å². The molecule has 0 amide bonds. The molecule has 1 aromatic rings. The summed E-state index contributed by atoms with van der Waals surface area (Å²) in [5.41, 5.74) is 0.711. The number of alkyl halides is 1. The average Bonchev–Trinajstić information content (AvgIpc) is 2.15. The van der Waals surface area contributed by atoms with Gasteiger partial charge in [0.05, 0.1) is 11.1 Å². The fraction of sp³-hybridized carbons (Fsp3) is 0.400. The van der Waals surface area contributed by atoms with Crippen LogP contribution in [0.4, 0.5) is 4.39 Å². The minimum Gasteiger partial charge on any atom is -0.489 e. The van der Waals surface area contributed by atoms with Gasteiger partial charge in [0.2, 0.25) is 0 Å². The van der Waals surface area contributed by atoms with Gasteiger partial charge in [-0.15, -0.1) is 0 Å². The van der Waals surface area contributed by atoms with Gasteiger partial charge >= 0.3 is 0 Å². The maximum atomic E-state index is 11.8. The fourth-order valence-corrected chi connectivity index (χ4v) is 1.29. The van der Waals surface area contributed by atoms with Crippen molar-refractivity contribution in [1.29, 1.82) is 0 Å². The zero-order valence-electron chi connectivity index (χ0n) is 7.84. The van der Waals surface area contributed by atoms with Gasteiger partial charge in [-0.05, 0) is 24.6 Å². The maximum absolute atomic E-state index is 11.8. The lowest BCUT2D eigenvalue weighted by Gasteiger charge is -2.09. The predicted molar refractivity (Wildman–Crippen MR) is 53.6 cm³/mol. The van der Waals surface area contributed by atoms with E-state index in [4.69, 9.17) is 16.3 Å². The van der Waals surface area contributed by atoms with Gasteiger partial charge in [0, 0.05) is 0 Å². The minimum absolute atomic E-state index is 0.00621. The smallest absolute Gasteiger partial charge is 0.138 e. The van der Waals surface area contributed by atoms with Gasteiger partial charge in [0.15, 0.2) is 0 Å². The van der Waals surface area contributed by atoms with Crippen LogP contribution in [-0.4, -0.2) is 18.4 Å². The van der Waals surface area contributed by atoms with E-state index in [2.05, 4.69) is 0 Å². The van der Waals surface area contributed by atoms with Crippen molar-refractivity contribution >= 4 is 11.6 Å². The maximum Gasteiger partial charge on any atom is 0.138 e. The second-order valence-corrected chi connectivity index (χ2v) is 3.31. The molecule has 0 saturated heterocycles. The third kappa shape index (κ3) is 2.86. The molecule has 0 aliphatic carbocycles. The first-order valence-electron chi connectivity index (χ1n) is 4.31. The van der Waals surface area contributed by atoms with E-state index in [1.165, 1.54) is 0 Å². The number of hydrogen-bond acceptors (Lipinski definition) is 2. The highest BCUT2D eigenvalue weighted by Gasteiger charge is 2.06. The van der Waals surface area contributed by atoms with Crippen molar-refractivity contribution in [2.75, 3.05) is 13.3 Å². The van der Waals surface area contributed by atoms with Gasteiger partial charge in [0.25, 0.3) is 0 Å². The van der Waals surface area contributed by atoms with Gasteiger partial charge < -0.3 is 9.84 Å². The van der Waals surface area contributed by atoms with E-state index in [1.807, 2.05) is 0 Å². The molecule has 0 bridgehead atoms. The molecule has 0 aliphatic rings. The Hall–Kier alpha value is -0.800. The van der Waals surface area contributed by atoms with Crippen LogP contribution in [0, 0.1) is 0 Å². The summed E-state index contributed by atoms with van der Waals surface area (Å²) in [5.74, 6) is 0.439. The van der Waals surface area contributed by atoms with Crippen LogP contribution in [0.2, 0.25) is 5.02 Å². The monoisotopic (exact) mass is 218 g/mol. The Bertz CT molecular complexity index is 302. The number of aliphatic hydroxyl groups excluding tert-OH is 1. The molecule has 1 rings (SSSR count). The van der Waals surface area contributed by atoms with E-state index in [0.717, 1.165) is 0 Å². The standard InChI is InChI=1S/C10H12ClFO2/c1-7(13)8-2-3-10(9(11)6-8)14-5-4-12/h2-3,6-7,13H,4-5H2,1H3. The van der Waals surface area contributed by atoms with E-state index < -0.39 is 12.8 Å². The summed E-state index contributed by atoms with van der Waals surface area (Å²) in [6.45, 7) is 1.09. The molecule has 1 unspecified atom stereocenters. The van der Waals surface area contributed by atoms with E-state index in [1.54, 1.807) is 25.1 Å². The van der Waals surface area contributed by atoms with Gasteiger partial charge in [0.1, 0.15) is 19.0 Å². The van der Waals surface area contributed by atoms with Crippen molar-refractivity contribution < 1.29 is 14.2 Å². The van der Waals surface area contributed by atoms with Crippen molar-refractivity contribution in [3.05, 3.63) is 28.8 Å². The lowest BCUT2D eigenvalue weighted by Crippen LogP contribution is -2.00. The Balaban J connectivity index is 2.79. The first-order valence-corrected chi connectivity index (χ1v) is 4.69. The van der Waals surface area contributed by atoms with Crippen molar-refractivity contribution in [3.8, 4) is 5.75 Å². The summed E-state index contributed by atoms with van der Waals surface area (Å²) < 4.78 is 16.8. The molecular weight excluding hydrogens is 207 g/mol. The Morgan fingerprint density at radius 3 is 2.79 bits per heavy atom. The zero-order valence-corrected chi connectivity index (χ0v) is 8.59.